The molecule has 1 atom stereocenters. The van der Waals surface area contributed by atoms with Crippen LogP contribution < -0.4 is 0 Å². The Balaban J connectivity index is 2.28. The van der Waals surface area contributed by atoms with Crippen LogP contribution in [0.1, 0.15) is 11.8 Å². The maximum atomic E-state index is 10.7. The molecule has 0 bridgehead atoms. The average Bonchev–Trinajstić information content (AvgIpc) is 2.58. The number of aryl methyl sites for hydroxylation is 1. The first kappa shape index (κ1) is 7.16. The molecule has 12 heavy (non-hydrogen) atoms. The maximum absolute atomic E-state index is 10.7. The van der Waals surface area contributed by atoms with Crippen molar-refractivity contribution in [3.63, 3.8) is 0 Å². The summed E-state index contributed by atoms with van der Waals surface area (Å²) >= 11 is 0. The minimum atomic E-state index is -0.263. The highest BCUT2D eigenvalue weighted by atomic mass is 16.5. The summed E-state index contributed by atoms with van der Waals surface area (Å²) in [5.74, 6) is -0.263. The molecule has 3 nitrogen and oxygen atoms in total. The molecular weight excluding hydrogens is 154 g/mol. The average molecular weight is 163 g/mol. The number of hydrogen-bond acceptors (Lipinski definition) is 2. The van der Waals surface area contributed by atoms with Gasteiger partial charge in [-0.2, -0.15) is 0 Å². The molecule has 1 unspecified atom stereocenters. The van der Waals surface area contributed by atoms with E-state index in [1.807, 2.05) is 29.9 Å². The first-order valence-electron chi connectivity index (χ1n) is 3.77. The summed E-state index contributed by atoms with van der Waals surface area (Å²) in [5, 5.41) is 0. The molecule has 0 N–H and O–H groups in total. The smallest absolute Gasteiger partial charge is 0.331 e. The molecule has 0 fully saturated rings. The highest BCUT2D eigenvalue weighted by Crippen LogP contribution is 2.23. The normalized spacial score (nSPS) is 21.4. The summed E-state index contributed by atoms with van der Waals surface area (Å²) in [7, 11) is 1.93. The van der Waals surface area contributed by atoms with Crippen molar-refractivity contribution in [1.82, 2.24) is 4.57 Å². The van der Waals surface area contributed by atoms with Crippen LogP contribution in [-0.4, -0.2) is 10.5 Å². The molecule has 0 aromatic carbocycles. The fraction of sp³-hybridized carbons (Fsp3) is 0.222. The van der Waals surface area contributed by atoms with Gasteiger partial charge in [-0.15, -0.1) is 0 Å². The maximum Gasteiger partial charge on any atom is 0.331 e. The fourth-order valence-corrected chi connectivity index (χ4v) is 1.30. The van der Waals surface area contributed by atoms with Crippen molar-refractivity contribution < 1.29 is 9.53 Å². The summed E-state index contributed by atoms with van der Waals surface area (Å²) < 4.78 is 6.95. The second-order valence-electron chi connectivity index (χ2n) is 2.76. The van der Waals surface area contributed by atoms with E-state index in [0.717, 1.165) is 5.69 Å². The quantitative estimate of drug-likeness (QED) is 0.582. The van der Waals surface area contributed by atoms with E-state index in [1.165, 1.54) is 6.08 Å². The number of aromatic nitrogens is 1. The highest BCUT2D eigenvalue weighted by Gasteiger charge is 2.19. The second-order valence-corrected chi connectivity index (χ2v) is 2.76. The minimum Gasteiger partial charge on any atom is -0.448 e. The number of rotatable bonds is 1. The van der Waals surface area contributed by atoms with Crippen LogP contribution in [0.15, 0.2) is 30.5 Å². The van der Waals surface area contributed by atoms with Crippen LogP contribution in [0.3, 0.4) is 0 Å². The Kier molecular flexibility index (Phi) is 1.50. The molecule has 2 heterocycles. The van der Waals surface area contributed by atoms with Gasteiger partial charge >= 0.3 is 5.97 Å². The Morgan fingerprint density at radius 2 is 2.42 bits per heavy atom. The third kappa shape index (κ3) is 1.03. The Hall–Kier alpha value is -1.51. The van der Waals surface area contributed by atoms with Gasteiger partial charge in [0.2, 0.25) is 0 Å². The zero-order chi connectivity index (χ0) is 8.55. The van der Waals surface area contributed by atoms with E-state index in [0.29, 0.717) is 0 Å². The van der Waals surface area contributed by atoms with Gasteiger partial charge in [-0.05, 0) is 18.2 Å². The Morgan fingerprint density at radius 3 is 2.92 bits per heavy atom. The summed E-state index contributed by atoms with van der Waals surface area (Å²) in [4.78, 5) is 10.7. The molecule has 0 amide bonds. The summed E-state index contributed by atoms with van der Waals surface area (Å²) in [5.41, 5.74) is 0.997. The number of cyclic esters (lactones) is 1. The monoisotopic (exact) mass is 163 g/mol. The minimum absolute atomic E-state index is 0.197. The number of carbonyl (C=O) groups is 1. The largest absolute Gasteiger partial charge is 0.448 e. The van der Waals surface area contributed by atoms with E-state index < -0.39 is 0 Å². The first-order valence-corrected chi connectivity index (χ1v) is 3.77. The van der Waals surface area contributed by atoms with E-state index in [-0.39, 0.29) is 12.1 Å². The first-order chi connectivity index (χ1) is 5.77. The number of nitrogens with zero attached hydrogens (tertiary/aromatic N) is 1. The Bertz CT molecular complexity index is 338. The van der Waals surface area contributed by atoms with Crippen LogP contribution in [0, 0.1) is 0 Å². The molecule has 0 radical (unpaired) electrons. The predicted octanol–water partition coefficient (Wildman–Crippen LogP) is 1.18. The summed E-state index contributed by atoms with van der Waals surface area (Å²) in [6.07, 6.45) is 4.95. The van der Waals surface area contributed by atoms with Crippen LogP contribution in [0.25, 0.3) is 0 Å². The molecule has 0 spiro atoms. The Morgan fingerprint density at radius 1 is 1.58 bits per heavy atom. The molecule has 2 rings (SSSR count). The molecule has 62 valence electrons. The number of hydrogen-bond donors (Lipinski definition) is 0. The zero-order valence-corrected chi connectivity index (χ0v) is 6.73. The van der Waals surface area contributed by atoms with Crippen molar-refractivity contribution >= 4 is 5.97 Å². The van der Waals surface area contributed by atoms with Gasteiger partial charge in [0.25, 0.3) is 0 Å². The standard InChI is InChI=1S/C9H9NO2/c1-10-6-2-3-7(10)8-4-5-9(11)12-8/h2-6,8H,1H3. The highest BCUT2D eigenvalue weighted by molar-refractivity contribution is 5.84. The van der Waals surface area contributed by atoms with Gasteiger partial charge in [-0.1, -0.05) is 0 Å². The molecular formula is C9H9NO2. The number of esters is 1. The Labute approximate surface area is 70.3 Å². The van der Waals surface area contributed by atoms with Crippen molar-refractivity contribution in [2.75, 3.05) is 0 Å². The fourth-order valence-electron chi connectivity index (χ4n) is 1.30. The van der Waals surface area contributed by atoms with Crippen LogP contribution in [0.2, 0.25) is 0 Å². The predicted molar refractivity (Wildman–Crippen MR) is 43.4 cm³/mol. The molecule has 3 heteroatoms. The van der Waals surface area contributed by atoms with Gasteiger partial charge in [-0.3, -0.25) is 0 Å². The van der Waals surface area contributed by atoms with Crippen LogP contribution in [0.5, 0.6) is 0 Å². The lowest BCUT2D eigenvalue weighted by atomic mass is 10.2. The van der Waals surface area contributed by atoms with Gasteiger partial charge in [0.05, 0.1) is 5.69 Å². The molecule has 1 aliphatic rings. The molecule has 0 saturated carbocycles. The van der Waals surface area contributed by atoms with Crippen LogP contribution >= 0.6 is 0 Å². The van der Waals surface area contributed by atoms with Gasteiger partial charge in [-0.25, -0.2) is 4.79 Å². The van der Waals surface area contributed by atoms with Gasteiger partial charge in [0, 0.05) is 19.3 Å². The zero-order valence-electron chi connectivity index (χ0n) is 6.73. The van der Waals surface area contributed by atoms with Gasteiger partial charge < -0.3 is 9.30 Å². The van der Waals surface area contributed by atoms with Gasteiger partial charge in [0.1, 0.15) is 0 Å². The third-order valence-corrected chi connectivity index (χ3v) is 1.93. The summed E-state index contributed by atoms with van der Waals surface area (Å²) in [6, 6.07) is 3.86. The van der Waals surface area contributed by atoms with Crippen molar-refractivity contribution in [3.05, 3.63) is 36.2 Å². The molecule has 0 aliphatic carbocycles. The number of carbonyl (C=O) groups excluding carboxylic acids is 1. The van der Waals surface area contributed by atoms with E-state index in [9.17, 15) is 4.79 Å². The van der Waals surface area contributed by atoms with Crippen molar-refractivity contribution in [2.24, 2.45) is 7.05 Å². The van der Waals surface area contributed by atoms with Crippen molar-refractivity contribution in [1.29, 1.82) is 0 Å². The van der Waals surface area contributed by atoms with Crippen LogP contribution in [-0.2, 0) is 16.6 Å². The van der Waals surface area contributed by atoms with Crippen molar-refractivity contribution in [2.45, 2.75) is 6.10 Å². The topological polar surface area (TPSA) is 31.2 Å². The van der Waals surface area contributed by atoms with Crippen LogP contribution in [0.4, 0.5) is 0 Å². The molecule has 0 saturated heterocycles. The SMILES string of the molecule is Cn1cccc1C1C=CC(=O)O1. The molecule has 1 aromatic heterocycles. The van der Waals surface area contributed by atoms with E-state index in [4.69, 9.17) is 4.74 Å². The number of ether oxygens (including phenoxy) is 1. The third-order valence-electron chi connectivity index (χ3n) is 1.93. The van der Waals surface area contributed by atoms with E-state index in [1.54, 1.807) is 6.08 Å². The molecule has 1 aliphatic heterocycles. The lowest BCUT2D eigenvalue weighted by Crippen LogP contribution is -2.04. The van der Waals surface area contributed by atoms with E-state index in [2.05, 4.69) is 0 Å². The van der Waals surface area contributed by atoms with Gasteiger partial charge in [0.15, 0.2) is 6.10 Å². The van der Waals surface area contributed by atoms with Crippen molar-refractivity contribution in [3.8, 4) is 0 Å². The lowest BCUT2D eigenvalue weighted by Gasteiger charge is -2.08. The second kappa shape index (κ2) is 2.52. The van der Waals surface area contributed by atoms with E-state index >= 15 is 0 Å². The lowest BCUT2D eigenvalue weighted by molar-refractivity contribution is -0.139. The molecule has 1 aromatic rings. The summed E-state index contributed by atoms with van der Waals surface area (Å²) in [6.45, 7) is 0.